The van der Waals surface area contributed by atoms with Crippen molar-refractivity contribution in [1.29, 1.82) is 0 Å². The fraction of sp³-hybridized carbons (Fsp3) is 0.571. The summed E-state index contributed by atoms with van der Waals surface area (Å²) in [5, 5.41) is 9.40. The van der Waals surface area contributed by atoms with Crippen LogP contribution in [-0.4, -0.2) is 29.2 Å². The molecule has 0 fully saturated rings. The Morgan fingerprint density at radius 2 is 2.15 bits per heavy atom. The first kappa shape index (κ1) is 15.3. The van der Waals surface area contributed by atoms with Crippen molar-refractivity contribution in [1.82, 2.24) is 4.90 Å². The number of benzene rings is 1. The number of alkyl halides is 3. The first-order valence-electron chi connectivity index (χ1n) is 6.69. The molecule has 0 bridgehead atoms. The van der Waals surface area contributed by atoms with Crippen LogP contribution in [0, 0.1) is 0 Å². The zero-order valence-electron chi connectivity index (χ0n) is 11.3. The van der Waals surface area contributed by atoms with Crippen LogP contribution in [0.25, 0.3) is 0 Å². The molecule has 1 aliphatic heterocycles. The molecule has 0 aliphatic carbocycles. The van der Waals surface area contributed by atoms with Crippen LogP contribution in [0.5, 0.6) is 0 Å². The second-order valence-electron chi connectivity index (χ2n) is 5.08. The molecule has 20 heavy (non-hydrogen) atoms. The molecule has 0 spiro atoms. The predicted molar refractivity (Wildman–Crippen MR) is 69.9 cm³/mol. The second kappa shape index (κ2) is 5.71. The van der Waals surface area contributed by atoms with Gasteiger partial charge in [-0.15, -0.1) is 0 Å². The van der Waals surface area contributed by atoms with Crippen LogP contribution in [0.1, 0.15) is 36.1 Å². The van der Waals surface area contributed by atoms with Crippen LogP contribution in [0.2, 0.25) is 0 Å². The minimum Gasteiger partial charge on any atom is -0.395 e. The second-order valence-corrected chi connectivity index (χ2v) is 5.08. The molecule has 2 unspecified atom stereocenters. The van der Waals surface area contributed by atoms with Crippen molar-refractivity contribution in [3.05, 3.63) is 34.9 Å². The third-order valence-corrected chi connectivity index (χ3v) is 3.96. The highest BCUT2D eigenvalue weighted by Gasteiger charge is 2.37. The maximum Gasteiger partial charge on any atom is 0.416 e. The Bertz CT molecular complexity index is 472. The number of aliphatic hydroxyl groups excluding tert-OH is 1. The summed E-state index contributed by atoms with van der Waals surface area (Å²) in [6.45, 7) is 2.70. The van der Waals surface area contributed by atoms with Gasteiger partial charge in [-0.05, 0) is 29.7 Å². The van der Waals surface area contributed by atoms with E-state index in [0.29, 0.717) is 12.1 Å². The smallest absolute Gasteiger partial charge is 0.395 e. The lowest BCUT2D eigenvalue weighted by Gasteiger charge is -2.30. The van der Waals surface area contributed by atoms with Gasteiger partial charge in [0.2, 0.25) is 0 Å². The van der Waals surface area contributed by atoms with E-state index in [1.54, 1.807) is 0 Å². The van der Waals surface area contributed by atoms with Crippen molar-refractivity contribution >= 4 is 0 Å². The van der Waals surface area contributed by atoms with Crippen molar-refractivity contribution in [2.45, 2.75) is 38.1 Å². The summed E-state index contributed by atoms with van der Waals surface area (Å²) < 4.78 is 38.4. The van der Waals surface area contributed by atoms with E-state index in [1.165, 1.54) is 12.1 Å². The highest BCUT2D eigenvalue weighted by Crippen LogP contribution is 2.39. The first-order valence-corrected chi connectivity index (χ1v) is 6.69. The molecule has 0 amide bonds. The van der Waals surface area contributed by atoms with Gasteiger partial charge in [-0.2, -0.15) is 13.2 Å². The summed E-state index contributed by atoms with van der Waals surface area (Å²) in [6.07, 6.45) is -3.62. The van der Waals surface area contributed by atoms with Crippen molar-refractivity contribution in [2.75, 3.05) is 13.2 Å². The fourth-order valence-corrected chi connectivity index (χ4v) is 2.83. The molecule has 3 N–H and O–H groups in total. The minimum atomic E-state index is -4.34. The standard InChI is InChI=1S/C14H19F3N2O/c1-2-11(8-20)19-7-9-3-4-10(14(15,16)17)5-12(9)13(19)6-18/h3-5,11,13,20H,2,6-8,18H2,1H3. The number of hydrogen-bond donors (Lipinski definition) is 2. The molecule has 2 rings (SSSR count). The van der Waals surface area contributed by atoms with E-state index >= 15 is 0 Å². The van der Waals surface area contributed by atoms with Crippen molar-refractivity contribution < 1.29 is 18.3 Å². The molecule has 0 aromatic heterocycles. The van der Waals surface area contributed by atoms with E-state index in [0.717, 1.165) is 18.1 Å². The molecular formula is C14H19F3N2O. The largest absolute Gasteiger partial charge is 0.416 e. The van der Waals surface area contributed by atoms with Gasteiger partial charge in [0.05, 0.1) is 12.2 Å². The third kappa shape index (κ3) is 2.68. The number of hydrogen-bond acceptors (Lipinski definition) is 3. The molecule has 6 heteroatoms. The van der Waals surface area contributed by atoms with Crippen LogP contribution < -0.4 is 5.73 Å². The Kier molecular flexibility index (Phi) is 4.36. The van der Waals surface area contributed by atoms with E-state index in [2.05, 4.69) is 0 Å². The van der Waals surface area contributed by atoms with Crippen LogP contribution in [0.4, 0.5) is 13.2 Å². The molecule has 1 aliphatic rings. The summed E-state index contributed by atoms with van der Waals surface area (Å²) in [7, 11) is 0. The Balaban J connectivity index is 2.36. The van der Waals surface area contributed by atoms with Crippen LogP contribution >= 0.6 is 0 Å². The average Bonchev–Trinajstić information content (AvgIpc) is 2.76. The normalized spacial score (nSPS) is 21.0. The summed E-state index contributed by atoms with van der Waals surface area (Å²) in [4.78, 5) is 1.99. The number of aliphatic hydroxyl groups is 1. The van der Waals surface area contributed by atoms with Gasteiger partial charge in [-0.1, -0.05) is 13.0 Å². The van der Waals surface area contributed by atoms with Crippen LogP contribution in [0.3, 0.4) is 0 Å². The number of nitrogens with zero attached hydrogens (tertiary/aromatic N) is 1. The summed E-state index contributed by atoms with van der Waals surface area (Å²) in [5.74, 6) is 0. The minimum absolute atomic E-state index is 0.0207. The van der Waals surface area contributed by atoms with E-state index in [1.807, 2.05) is 11.8 Å². The number of rotatable bonds is 4. The lowest BCUT2D eigenvalue weighted by molar-refractivity contribution is -0.137. The highest BCUT2D eigenvalue weighted by atomic mass is 19.4. The topological polar surface area (TPSA) is 49.5 Å². The summed E-state index contributed by atoms with van der Waals surface area (Å²) in [6, 6.07) is 3.48. The molecule has 1 aromatic rings. The van der Waals surface area contributed by atoms with Gasteiger partial charge < -0.3 is 10.8 Å². The van der Waals surface area contributed by atoms with E-state index in [-0.39, 0.29) is 25.2 Å². The lowest BCUT2D eigenvalue weighted by atomic mass is 10.0. The zero-order valence-corrected chi connectivity index (χ0v) is 11.3. The van der Waals surface area contributed by atoms with Crippen molar-refractivity contribution in [3.63, 3.8) is 0 Å². The fourth-order valence-electron chi connectivity index (χ4n) is 2.83. The SMILES string of the molecule is CCC(CO)N1Cc2ccc(C(F)(F)F)cc2C1CN. The molecule has 3 nitrogen and oxygen atoms in total. The van der Waals surface area contributed by atoms with Crippen LogP contribution in [0.15, 0.2) is 18.2 Å². The molecule has 112 valence electrons. The maximum absolute atomic E-state index is 12.8. The van der Waals surface area contributed by atoms with E-state index in [4.69, 9.17) is 5.73 Å². The Labute approximate surface area is 116 Å². The molecule has 1 aromatic carbocycles. The van der Waals surface area contributed by atoms with E-state index < -0.39 is 11.7 Å². The first-order chi connectivity index (χ1) is 9.42. The number of halogens is 3. The maximum atomic E-state index is 12.8. The highest BCUT2D eigenvalue weighted by molar-refractivity contribution is 5.39. The summed E-state index contributed by atoms with van der Waals surface area (Å²) >= 11 is 0. The quantitative estimate of drug-likeness (QED) is 0.893. The Morgan fingerprint density at radius 1 is 1.45 bits per heavy atom. The van der Waals surface area contributed by atoms with Gasteiger partial charge in [-0.25, -0.2) is 0 Å². The Morgan fingerprint density at radius 3 is 2.65 bits per heavy atom. The van der Waals surface area contributed by atoms with Crippen molar-refractivity contribution in [3.8, 4) is 0 Å². The predicted octanol–water partition coefficient (Wildman–Crippen LogP) is 2.29. The molecule has 0 saturated carbocycles. The van der Waals surface area contributed by atoms with Crippen LogP contribution in [-0.2, 0) is 12.7 Å². The Hall–Kier alpha value is -1.11. The monoisotopic (exact) mass is 288 g/mol. The molecule has 1 heterocycles. The molecular weight excluding hydrogens is 269 g/mol. The zero-order chi connectivity index (χ0) is 14.9. The van der Waals surface area contributed by atoms with Crippen molar-refractivity contribution in [2.24, 2.45) is 5.73 Å². The van der Waals surface area contributed by atoms with Gasteiger partial charge in [0.1, 0.15) is 0 Å². The van der Waals surface area contributed by atoms with Gasteiger partial charge in [0.25, 0.3) is 0 Å². The third-order valence-electron chi connectivity index (χ3n) is 3.96. The van der Waals surface area contributed by atoms with Gasteiger partial charge in [-0.3, -0.25) is 4.90 Å². The van der Waals surface area contributed by atoms with Gasteiger partial charge >= 0.3 is 6.18 Å². The lowest BCUT2D eigenvalue weighted by Crippen LogP contribution is -2.38. The number of nitrogens with two attached hydrogens (primary N) is 1. The average molecular weight is 288 g/mol. The number of fused-ring (bicyclic) bond motifs is 1. The molecule has 2 atom stereocenters. The van der Waals surface area contributed by atoms with Gasteiger partial charge in [0, 0.05) is 25.2 Å². The summed E-state index contributed by atoms with van der Waals surface area (Å²) in [5.41, 5.74) is 6.59. The molecule has 0 radical (unpaired) electrons. The molecule has 0 saturated heterocycles. The van der Waals surface area contributed by atoms with E-state index in [9.17, 15) is 18.3 Å². The van der Waals surface area contributed by atoms with Gasteiger partial charge in [0.15, 0.2) is 0 Å².